The van der Waals surface area contributed by atoms with E-state index < -0.39 is 17.8 Å². The van der Waals surface area contributed by atoms with Gasteiger partial charge in [0, 0.05) is 5.92 Å². The van der Waals surface area contributed by atoms with E-state index in [0.29, 0.717) is 5.56 Å². The Kier molecular flexibility index (Phi) is 5.29. The minimum Gasteiger partial charge on any atom is -0.461 e. The van der Waals surface area contributed by atoms with Gasteiger partial charge in [-0.15, -0.1) is 0 Å². The van der Waals surface area contributed by atoms with Gasteiger partial charge < -0.3 is 4.74 Å². The van der Waals surface area contributed by atoms with E-state index in [1.165, 1.54) is 0 Å². The number of esters is 1. The van der Waals surface area contributed by atoms with Gasteiger partial charge in [-0.25, -0.2) is 4.79 Å². The van der Waals surface area contributed by atoms with E-state index in [1.54, 1.807) is 24.3 Å². The highest BCUT2D eigenvalue weighted by Crippen LogP contribution is 2.25. The van der Waals surface area contributed by atoms with Crippen LogP contribution in [0.25, 0.3) is 0 Å². The Labute approximate surface area is 129 Å². The first-order valence-electron chi connectivity index (χ1n) is 6.82. The Hall–Kier alpha value is -3.11. The fraction of sp³-hybridized carbons (Fsp3) is 0.167. The zero-order chi connectivity index (χ0) is 15.8. The molecule has 4 nitrogen and oxygen atoms in total. The Morgan fingerprint density at radius 3 is 2.05 bits per heavy atom. The van der Waals surface area contributed by atoms with E-state index in [-0.39, 0.29) is 6.61 Å². The number of nitriles is 2. The van der Waals surface area contributed by atoms with Crippen LogP contribution in [0.2, 0.25) is 0 Å². The Balaban J connectivity index is 2.13. The van der Waals surface area contributed by atoms with Crippen LogP contribution >= 0.6 is 0 Å². The van der Waals surface area contributed by atoms with Gasteiger partial charge >= 0.3 is 5.97 Å². The molecule has 0 bridgehead atoms. The third-order valence-corrected chi connectivity index (χ3v) is 3.31. The van der Waals surface area contributed by atoms with Gasteiger partial charge in [0.1, 0.15) is 12.5 Å². The van der Waals surface area contributed by atoms with E-state index in [1.807, 2.05) is 48.5 Å². The lowest BCUT2D eigenvalue weighted by Crippen LogP contribution is -2.19. The summed E-state index contributed by atoms with van der Waals surface area (Å²) < 4.78 is 5.29. The van der Waals surface area contributed by atoms with E-state index >= 15 is 0 Å². The monoisotopic (exact) mass is 290 g/mol. The Morgan fingerprint density at radius 1 is 0.955 bits per heavy atom. The van der Waals surface area contributed by atoms with Crippen molar-refractivity contribution in [2.24, 2.45) is 5.92 Å². The third kappa shape index (κ3) is 3.71. The second-order valence-corrected chi connectivity index (χ2v) is 4.72. The van der Waals surface area contributed by atoms with Crippen LogP contribution in [-0.2, 0) is 4.74 Å². The minimum absolute atomic E-state index is 0.0104. The predicted octanol–water partition coefficient (Wildman–Crippen LogP) is 3.29. The standard InChI is InChI=1S/C18H14N2O2/c19-11-16(12-20)17(14-7-3-1-4-8-14)13-22-18(21)15-9-5-2-6-10-15/h1-10,16-17H,13H2. The number of carbonyl (C=O) groups is 1. The number of ether oxygens (including phenoxy) is 1. The molecule has 0 heterocycles. The third-order valence-electron chi connectivity index (χ3n) is 3.31. The first kappa shape index (κ1) is 15.3. The summed E-state index contributed by atoms with van der Waals surface area (Å²) in [6, 6.07) is 21.7. The highest BCUT2D eigenvalue weighted by Gasteiger charge is 2.24. The van der Waals surface area contributed by atoms with Crippen LogP contribution in [0.15, 0.2) is 60.7 Å². The van der Waals surface area contributed by atoms with Crippen LogP contribution in [-0.4, -0.2) is 12.6 Å². The first-order chi connectivity index (χ1) is 10.8. The van der Waals surface area contributed by atoms with E-state index in [0.717, 1.165) is 5.56 Å². The zero-order valence-corrected chi connectivity index (χ0v) is 11.8. The summed E-state index contributed by atoms with van der Waals surface area (Å²) in [5.74, 6) is -1.80. The molecule has 2 aromatic rings. The molecule has 0 aromatic heterocycles. The summed E-state index contributed by atoms with van der Waals surface area (Å²) in [6.07, 6.45) is 0. The lowest BCUT2D eigenvalue weighted by atomic mass is 9.88. The van der Waals surface area contributed by atoms with Gasteiger partial charge in [0.05, 0.1) is 17.7 Å². The number of hydrogen-bond donors (Lipinski definition) is 0. The van der Waals surface area contributed by atoms with E-state index in [4.69, 9.17) is 15.3 Å². The Morgan fingerprint density at radius 2 is 1.50 bits per heavy atom. The summed E-state index contributed by atoms with van der Waals surface area (Å²) in [4.78, 5) is 12.0. The predicted molar refractivity (Wildman–Crippen MR) is 80.6 cm³/mol. The normalized spacial score (nSPS) is 11.2. The summed E-state index contributed by atoms with van der Waals surface area (Å²) >= 11 is 0. The van der Waals surface area contributed by atoms with Crippen molar-refractivity contribution in [3.8, 4) is 12.1 Å². The summed E-state index contributed by atoms with van der Waals surface area (Å²) in [6.45, 7) is -0.0104. The molecule has 4 heteroatoms. The van der Waals surface area contributed by atoms with Crippen molar-refractivity contribution in [1.82, 2.24) is 0 Å². The summed E-state index contributed by atoms with van der Waals surface area (Å²) in [5, 5.41) is 18.3. The molecule has 2 aromatic carbocycles. The van der Waals surface area contributed by atoms with Gasteiger partial charge in [-0.3, -0.25) is 0 Å². The van der Waals surface area contributed by atoms with Gasteiger partial charge in [0.25, 0.3) is 0 Å². The molecule has 22 heavy (non-hydrogen) atoms. The molecule has 108 valence electrons. The maximum atomic E-state index is 12.0. The number of benzene rings is 2. The number of rotatable bonds is 5. The molecule has 0 aliphatic rings. The highest BCUT2D eigenvalue weighted by molar-refractivity contribution is 5.89. The molecular formula is C18H14N2O2. The molecule has 0 saturated heterocycles. The van der Waals surface area contributed by atoms with Crippen molar-refractivity contribution in [2.75, 3.05) is 6.61 Å². The van der Waals surface area contributed by atoms with Crippen molar-refractivity contribution in [2.45, 2.75) is 5.92 Å². The van der Waals surface area contributed by atoms with Crippen molar-refractivity contribution < 1.29 is 9.53 Å². The molecule has 0 spiro atoms. The lowest BCUT2D eigenvalue weighted by molar-refractivity contribution is 0.0471. The Bertz CT molecular complexity index is 685. The van der Waals surface area contributed by atoms with E-state index in [2.05, 4.69) is 0 Å². The van der Waals surface area contributed by atoms with Crippen LogP contribution in [0, 0.1) is 28.6 Å². The average molecular weight is 290 g/mol. The number of hydrogen-bond acceptors (Lipinski definition) is 4. The molecule has 0 saturated carbocycles. The maximum absolute atomic E-state index is 12.0. The average Bonchev–Trinajstić information content (AvgIpc) is 2.60. The number of nitrogens with zero attached hydrogens (tertiary/aromatic N) is 2. The van der Waals surface area contributed by atoms with Gasteiger partial charge in [-0.05, 0) is 17.7 Å². The van der Waals surface area contributed by atoms with Crippen LogP contribution in [0.4, 0.5) is 0 Å². The minimum atomic E-state index is -0.869. The lowest BCUT2D eigenvalue weighted by Gasteiger charge is -2.18. The second-order valence-electron chi connectivity index (χ2n) is 4.72. The van der Waals surface area contributed by atoms with Gasteiger partial charge in [0.2, 0.25) is 0 Å². The molecule has 2 rings (SSSR count). The van der Waals surface area contributed by atoms with Crippen LogP contribution in [0.1, 0.15) is 21.8 Å². The summed E-state index contributed by atoms with van der Waals surface area (Å²) in [7, 11) is 0. The fourth-order valence-electron chi connectivity index (χ4n) is 2.12. The SMILES string of the molecule is N#CC(C#N)C(COC(=O)c1ccccc1)c1ccccc1. The molecule has 0 radical (unpaired) electrons. The van der Waals surface area contributed by atoms with Gasteiger partial charge in [0.15, 0.2) is 0 Å². The van der Waals surface area contributed by atoms with Gasteiger partial charge in [-0.1, -0.05) is 48.5 Å². The van der Waals surface area contributed by atoms with Crippen molar-refractivity contribution in [1.29, 1.82) is 10.5 Å². The maximum Gasteiger partial charge on any atom is 0.338 e. The molecule has 0 N–H and O–H groups in total. The number of carbonyl (C=O) groups excluding carboxylic acids is 1. The van der Waals surface area contributed by atoms with Crippen molar-refractivity contribution in [3.63, 3.8) is 0 Å². The topological polar surface area (TPSA) is 73.9 Å². The molecular weight excluding hydrogens is 276 g/mol. The van der Waals surface area contributed by atoms with Crippen molar-refractivity contribution >= 4 is 5.97 Å². The fourth-order valence-corrected chi connectivity index (χ4v) is 2.12. The van der Waals surface area contributed by atoms with E-state index in [9.17, 15) is 4.79 Å². The smallest absolute Gasteiger partial charge is 0.338 e. The summed E-state index contributed by atoms with van der Waals surface area (Å²) in [5.41, 5.74) is 1.25. The molecule has 1 atom stereocenters. The molecule has 0 aliphatic heterocycles. The first-order valence-corrected chi connectivity index (χ1v) is 6.82. The van der Waals surface area contributed by atoms with Crippen LogP contribution in [0.5, 0.6) is 0 Å². The van der Waals surface area contributed by atoms with Crippen molar-refractivity contribution in [3.05, 3.63) is 71.8 Å². The quantitative estimate of drug-likeness (QED) is 0.792. The van der Waals surface area contributed by atoms with Crippen LogP contribution in [0.3, 0.4) is 0 Å². The molecule has 1 unspecified atom stereocenters. The molecule has 0 fully saturated rings. The zero-order valence-electron chi connectivity index (χ0n) is 11.8. The van der Waals surface area contributed by atoms with Gasteiger partial charge in [-0.2, -0.15) is 10.5 Å². The largest absolute Gasteiger partial charge is 0.461 e. The second kappa shape index (κ2) is 7.61. The van der Waals surface area contributed by atoms with Crippen LogP contribution < -0.4 is 0 Å². The molecule has 0 aliphatic carbocycles. The molecule has 0 amide bonds. The highest BCUT2D eigenvalue weighted by atomic mass is 16.5.